The third kappa shape index (κ3) is 5.74. The number of aromatic nitrogens is 1. The Labute approximate surface area is 267 Å². The van der Waals surface area contributed by atoms with Gasteiger partial charge in [-0.3, -0.25) is 4.98 Å². The van der Waals surface area contributed by atoms with Crippen molar-refractivity contribution in [3.63, 3.8) is 0 Å². The molecule has 7 rings (SSSR count). The summed E-state index contributed by atoms with van der Waals surface area (Å²) >= 11 is 0. The zero-order chi connectivity index (χ0) is 30.9. The molecule has 0 saturated heterocycles. The quantitative estimate of drug-likeness (QED) is 0.0799. The van der Waals surface area contributed by atoms with Crippen molar-refractivity contribution >= 4 is 17.1 Å². The molecule has 1 heterocycles. The molecule has 9 atom stereocenters. The summed E-state index contributed by atoms with van der Waals surface area (Å²) in [5, 5.41) is 9.57. The van der Waals surface area contributed by atoms with Crippen LogP contribution in [0, 0.1) is 40.4 Å². The van der Waals surface area contributed by atoms with Crippen molar-refractivity contribution in [2.24, 2.45) is 50.7 Å². The predicted octanol–water partition coefficient (Wildman–Crippen LogP) is 9.51. The standard InChI is InChI=1S/C38H47N5O2/c1-37-19-17-30(44-25-26-8-4-3-5-9-26)22-29(37)13-14-31-32-15-16-34(38(32,2)20-18-33(31)37)35(24-41-43-39)45-42-23-28-11-6-10-27-12-7-21-40-36(27)28/h3-12,21,23,29-35H,13-20,22,24-25H2,1-2H3/b42-23+/t29-,30-,31-,32-,33-,34+,35+,37-,38-/m0/s1. The van der Waals surface area contributed by atoms with E-state index in [9.17, 15) is 5.53 Å². The van der Waals surface area contributed by atoms with Gasteiger partial charge in [-0.1, -0.05) is 78.7 Å². The van der Waals surface area contributed by atoms with Gasteiger partial charge in [-0.25, -0.2) is 0 Å². The molecular weight excluding hydrogens is 558 g/mol. The molecule has 0 unspecified atom stereocenters. The largest absolute Gasteiger partial charge is 0.392 e. The van der Waals surface area contributed by atoms with Crippen LogP contribution in [0.1, 0.15) is 82.8 Å². The molecule has 3 aromatic rings. The first-order valence-electron chi connectivity index (χ1n) is 17.2. The van der Waals surface area contributed by atoms with Crippen molar-refractivity contribution < 1.29 is 9.57 Å². The smallest absolute Gasteiger partial charge is 0.136 e. The number of pyridine rings is 1. The van der Waals surface area contributed by atoms with Crippen LogP contribution in [0.4, 0.5) is 0 Å². The van der Waals surface area contributed by atoms with Crippen LogP contribution >= 0.6 is 0 Å². The van der Waals surface area contributed by atoms with Crippen LogP contribution < -0.4 is 0 Å². The molecule has 4 saturated carbocycles. The number of nitrogens with zero attached hydrogens (tertiary/aromatic N) is 5. The number of para-hydroxylation sites is 1. The zero-order valence-corrected chi connectivity index (χ0v) is 26.8. The normalized spacial score (nSPS) is 34.8. The van der Waals surface area contributed by atoms with Gasteiger partial charge in [0.1, 0.15) is 6.10 Å². The van der Waals surface area contributed by atoms with E-state index in [1.807, 2.05) is 18.2 Å². The predicted molar refractivity (Wildman–Crippen MR) is 178 cm³/mol. The Kier molecular flexibility index (Phi) is 8.58. The maximum absolute atomic E-state index is 9.23. The molecule has 236 valence electrons. The molecule has 0 amide bonds. The monoisotopic (exact) mass is 605 g/mol. The number of rotatable bonds is 9. The first-order chi connectivity index (χ1) is 22.0. The van der Waals surface area contributed by atoms with Gasteiger partial charge in [0.25, 0.3) is 0 Å². The van der Waals surface area contributed by atoms with E-state index in [1.54, 1.807) is 12.4 Å². The SMILES string of the molecule is C[C@]12CC[C@H](OCc3ccccc3)C[C@@H]1CC[C@@H]1[C@@H]2CC[C@]2(C)[C@@H]([C@@H](CN=[N+]=[N-])O/N=C/c3cccc4cccnc34)CC[C@@H]12. The van der Waals surface area contributed by atoms with Crippen molar-refractivity contribution in [1.29, 1.82) is 0 Å². The van der Waals surface area contributed by atoms with Crippen molar-refractivity contribution in [1.82, 2.24) is 4.98 Å². The second kappa shape index (κ2) is 12.8. The molecule has 0 radical (unpaired) electrons. The first kappa shape index (κ1) is 30.3. The number of hydrogen-bond donors (Lipinski definition) is 0. The van der Waals surface area contributed by atoms with E-state index in [0.29, 0.717) is 29.9 Å². The minimum absolute atomic E-state index is 0.173. The van der Waals surface area contributed by atoms with Crippen molar-refractivity contribution in [3.8, 4) is 0 Å². The van der Waals surface area contributed by atoms with Crippen LogP contribution in [0.5, 0.6) is 0 Å². The Bertz CT molecular complexity index is 1550. The highest BCUT2D eigenvalue weighted by molar-refractivity contribution is 5.97. The molecule has 7 heteroatoms. The van der Waals surface area contributed by atoms with E-state index in [1.165, 1.54) is 56.9 Å². The fourth-order valence-electron chi connectivity index (χ4n) is 10.6. The third-order valence-electron chi connectivity index (χ3n) is 12.8. The maximum Gasteiger partial charge on any atom is 0.136 e. The van der Waals surface area contributed by atoms with Crippen LogP contribution in [-0.4, -0.2) is 30.0 Å². The average molecular weight is 606 g/mol. The summed E-state index contributed by atoms with van der Waals surface area (Å²) < 4.78 is 6.48. The highest BCUT2D eigenvalue weighted by Crippen LogP contribution is 2.68. The van der Waals surface area contributed by atoms with Gasteiger partial charge in [-0.2, -0.15) is 0 Å². The lowest BCUT2D eigenvalue weighted by atomic mass is 9.44. The van der Waals surface area contributed by atoms with Crippen LogP contribution in [0.2, 0.25) is 0 Å². The second-order valence-corrected chi connectivity index (χ2v) is 14.8. The number of benzene rings is 2. The van der Waals surface area contributed by atoms with Gasteiger partial charge in [-0.15, -0.1) is 0 Å². The highest BCUT2D eigenvalue weighted by atomic mass is 16.6. The van der Waals surface area contributed by atoms with Gasteiger partial charge in [-0.05, 0) is 109 Å². The van der Waals surface area contributed by atoms with Gasteiger partial charge in [0, 0.05) is 28.0 Å². The second-order valence-electron chi connectivity index (χ2n) is 14.8. The molecule has 0 bridgehead atoms. The molecule has 1 aromatic heterocycles. The Morgan fingerprint density at radius 2 is 1.76 bits per heavy atom. The summed E-state index contributed by atoms with van der Waals surface area (Å²) in [6.07, 6.45) is 14.9. The summed E-state index contributed by atoms with van der Waals surface area (Å²) in [6, 6.07) is 20.7. The molecule has 2 aromatic carbocycles. The number of ether oxygens (including phenoxy) is 1. The van der Waals surface area contributed by atoms with E-state index in [4.69, 9.17) is 9.57 Å². The zero-order valence-electron chi connectivity index (χ0n) is 26.8. The van der Waals surface area contributed by atoms with E-state index < -0.39 is 0 Å². The maximum atomic E-state index is 9.23. The summed E-state index contributed by atoms with van der Waals surface area (Å²) in [4.78, 5) is 13.9. The van der Waals surface area contributed by atoms with E-state index in [0.717, 1.165) is 47.2 Å². The summed E-state index contributed by atoms with van der Waals surface area (Å²) in [7, 11) is 0. The molecule has 4 aliphatic rings. The average Bonchev–Trinajstić information content (AvgIpc) is 3.43. The van der Waals surface area contributed by atoms with Gasteiger partial charge in [0.2, 0.25) is 0 Å². The number of oxime groups is 1. The van der Waals surface area contributed by atoms with Crippen LogP contribution in [0.3, 0.4) is 0 Å². The minimum Gasteiger partial charge on any atom is -0.392 e. The van der Waals surface area contributed by atoms with Crippen molar-refractivity contribution in [2.45, 2.75) is 90.4 Å². The summed E-state index contributed by atoms with van der Waals surface area (Å²) in [5.41, 5.74) is 12.9. The lowest BCUT2D eigenvalue weighted by molar-refractivity contribution is -0.143. The van der Waals surface area contributed by atoms with Crippen molar-refractivity contribution in [2.75, 3.05) is 6.54 Å². The van der Waals surface area contributed by atoms with Gasteiger partial charge < -0.3 is 9.57 Å². The fraction of sp³-hybridized carbons (Fsp3) is 0.579. The van der Waals surface area contributed by atoms with Gasteiger partial charge in [0.15, 0.2) is 0 Å². The Balaban J connectivity index is 1.03. The minimum atomic E-state index is -0.226. The van der Waals surface area contributed by atoms with Crippen LogP contribution in [0.25, 0.3) is 21.3 Å². The highest BCUT2D eigenvalue weighted by Gasteiger charge is 2.61. The first-order valence-corrected chi connectivity index (χ1v) is 17.2. The Morgan fingerprint density at radius 1 is 0.933 bits per heavy atom. The number of hydrogen-bond acceptors (Lipinski definition) is 5. The summed E-state index contributed by atoms with van der Waals surface area (Å²) in [5.74, 6) is 3.33. The molecular formula is C38H47N5O2. The van der Waals surface area contributed by atoms with E-state index in [-0.39, 0.29) is 11.5 Å². The third-order valence-corrected chi connectivity index (χ3v) is 12.8. The molecule has 0 aliphatic heterocycles. The molecule has 0 N–H and O–H groups in total. The Hall–Kier alpha value is -3.41. The van der Waals surface area contributed by atoms with Gasteiger partial charge in [0.05, 0.1) is 31.0 Å². The van der Waals surface area contributed by atoms with Gasteiger partial charge >= 0.3 is 0 Å². The van der Waals surface area contributed by atoms with E-state index >= 15 is 0 Å². The lowest BCUT2D eigenvalue weighted by Gasteiger charge is -2.61. The molecule has 7 nitrogen and oxygen atoms in total. The number of azide groups is 1. The lowest BCUT2D eigenvalue weighted by Crippen LogP contribution is -2.54. The fourth-order valence-corrected chi connectivity index (χ4v) is 10.6. The van der Waals surface area contributed by atoms with Crippen LogP contribution in [-0.2, 0) is 16.2 Å². The topological polar surface area (TPSA) is 92.5 Å². The van der Waals surface area contributed by atoms with E-state index in [2.05, 4.69) is 76.5 Å². The number of fused-ring (bicyclic) bond motifs is 6. The van der Waals surface area contributed by atoms with Crippen LogP contribution in [0.15, 0.2) is 77.1 Å². The van der Waals surface area contributed by atoms with Crippen molar-refractivity contribution in [3.05, 3.63) is 88.4 Å². The molecule has 4 fully saturated rings. The Morgan fingerprint density at radius 3 is 2.62 bits per heavy atom. The molecule has 45 heavy (non-hydrogen) atoms. The molecule has 4 aliphatic carbocycles. The molecule has 0 spiro atoms. The summed E-state index contributed by atoms with van der Waals surface area (Å²) in [6.45, 7) is 6.18.